The number of nitriles is 1. The normalized spacial score (nSPS) is 11.0. The van der Waals surface area contributed by atoms with Crippen LogP contribution >= 0.6 is 0 Å². The summed E-state index contributed by atoms with van der Waals surface area (Å²) in [5.41, 5.74) is 9.32. The lowest BCUT2D eigenvalue weighted by molar-refractivity contribution is 0.783. The Labute approximate surface area is 128 Å². The van der Waals surface area contributed by atoms with Gasteiger partial charge >= 0.3 is 0 Å². The molecule has 2 aromatic heterocycles. The van der Waals surface area contributed by atoms with Gasteiger partial charge in [-0.3, -0.25) is 5.10 Å². The maximum atomic E-state index is 8.83. The molecule has 6 nitrogen and oxygen atoms in total. The number of fused-ring (bicyclic) bond motifs is 1. The van der Waals surface area contributed by atoms with Gasteiger partial charge in [0.25, 0.3) is 0 Å². The summed E-state index contributed by atoms with van der Waals surface area (Å²) in [6, 6.07) is 9.88. The lowest BCUT2D eigenvalue weighted by Crippen LogP contribution is -2.02. The monoisotopic (exact) mass is 292 g/mol. The fraction of sp³-hybridized carbons (Fsp3) is 0.250. The summed E-state index contributed by atoms with van der Waals surface area (Å²) in [5.74, 6) is 1.29. The van der Waals surface area contributed by atoms with Crippen molar-refractivity contribution in [2.45, 2.75) is 26.2 Å². The molecule has 0 aliphatic rings. The molecule has 0 unspecified atom stereocenters. The third-order valence-corrected chi connectivity index (χ3v) is 3.47. The molecule has 1 aromatic carbocycles. The molecule has 0 aliphatic heterocycles. The number of H-pyrrole nitrogens is 1. The van der Waals surface area contributed by atoms with Gasteiger partial charge in [0.1, 0.15) is 11.6 Å². The second-order valence-electron chi connectivity index (χ2n) is 5.45. The number of benzene rings is 1. The fourth-order valence-electron chi connectivity index (χ4n) is 2.36. The van der Waals surface area contributed by atoms with E-state index in [2.05, 4.69) is 26.2 Å². The van der Waals surface area contributed by atoms with Crippen molar-refractivity contribution in [2.75, 3.05) is 5.73 Å². The van der Waals surface area contributed by atoms with Crippen LogP contribution in [0.4, 0.5) is 5.82 Å². The topological polar surface area (TPSA) is 104 Å². The number of nitrogens with two attached hydrogens (primary N) is 1. The van der Waals surface area contributed by atoms with Crippen molar-refractivity contribution in [1.82, 2.24) is 20.2 Å². The van der Waals surface area contributed by atoms with Crippen molar-refractivity contribution in [3.05, 3.63) is 35.7 Å². The number of hydrogen-bond acceptors (Lipinski definition) is 5. The molecule has 22 heavy (non-hydrogen) atoms. The van der Waals surface area contributed by atoms with Gasteiger partial charge in [-0.15, -0.1) is 0 Å². The highest BCUT2D eigenvalue weighted by molar-refractivity contribution is 5.98. The molecule has 3 aromatic rings. The zero-order chi connectivity index (χ0) is 15.7. The first kappa shape index (κ1) is 14.0. The van der Waals surface area contributed by atoms with Crippen LogP contribution in [-0.4, -0.2) is 20.2 Å². The summed E-state index contributed by atoms with van der Waals surface area (Å²) in [6.07, 6.45) is 0.364. The Hall–Kier alpha value is -2.94. The summed E-state index contributed by atoms with van der Waals surface area (Å²) in [7, 11) is 0. The van der Waals surface area contributed by atoms with E-state index >= 15 is 0 Å². The van der Waals surface area contributed by atoms with E-state index < -0.39 is 0 Å². The number of anilines is 1. The molecule has 0 bridgehead atoms. The highest BCUT2D eigenvalue weighted by Gasteiger charge is 2.16. The van der Waals surface area contributed by atoms with Crippen LogP contribution < -0.4 is 5.73 Å². The highest BCUT2D eigenvalue weighted by atomic mass is 15.2. The minimum atomic E-state index is 0.186. The third kappa shape index (κ3) is 2.37. The van der Waals surface area contributed by atoms with Crippen LogP contribution in [0.5, 0.6) is 0 Å². The molecule has 0 spiro atoms. The van der Waals surface area contributed by atoms with Gasteiger partial charge in [0.15, 0.2) is 5.65 Å². The number of nitrogens with zero attached hydrogens (tertiary/aromatic N) is 4. The Kier molecular flexibility index (Phi) is 3.47. The third-order valence-electron chi connectivity index (χ3n) is 3.47. The van der Waals surface area contributed by atoms with Crippen molar-refractivity contribution >= 4 is 16.9 Å². The molecule has 0 atom stereocenters. The number of aromatic amines is 1. The molecule has 0 fully saturated rings. The van der Waals surface area contributed by atoms with Crippen molar-refractivity contribution in [3.63, 3.8) is 0 Å². The molecule has 110 valence electrons. The van der Waals surface area contributed by atoms with E-state index in [1.165, 1.54) is 0 Å². The zero-order valence-electron chi connectivity index (χ0n) is 12.5. The Balaban J connectivity index is 2.16. The van der Waals surface area contributed by atoms with Crippen molar-refractivity contribution in [2.24, 2.45) is 0 Å². The van der Waals surface area contributed by atoms with Gasteiger partial charge in [0.2, 0.25) is 0 Å². The van der Waals surface area contributed by atoms with Gasteiger partial charge in [-0.05, 0) is 11.6 Å². The lowest BCUT2D eigenvalue weighted by Gasteiger charge is -2.06. The molecule has 0 radical (unpaired) electrons. The molecular weight excluding hydrogens is 276 g/mol. The van der Waals surface area contributed by atoms with E-state index in [0.29, 0.717) is 23.7 Å². The SMILES string of the molecule is CC(C)c1nc(N)c2c(-c3cccc(CC#N)c3)[nH]nc2n1. The number of rotatable bonds is 3. The van der Waals surface area contributed by atoms with Gasteiger partial charge in [-0.25, -0.2) is 9.97 Å². The van der Waals surface area contributed by atoms with Gasteiger partial charge < -0.3 is 5.73 Å². The molecule has 0 saturated carbocycles. The second-order valence-corrected chi connectivity index (χ2v) is 5.45. The smallest absolute Gasteiger partial charge is 0.187 e. The van der Waals surface area contributed by atoms with Crippen LogP contribution in [-0.2, 0) is 6.42 Å². The Morgan fingerprint density at radius 2 is 2.14 bits per heavy atom. The summed E-state index contributed by atoms with van der Waals surface area (Å²) < 4.78 is 0. The van der Waals surface area contributed by atoms with Crippen LogP contribution in [0.1, 0.15) is 31.2 Å². The standard InChI is InChI=1S/C16H16N6/c1-9(2)15-19-14(18)12-13(21-22-16(12)20-15)11-5-3-4-10(8-11)6-7-17/h3-5,8-9H,6H2,1-2H3,(H3,18,19,20,21,22). The quantitative estimate of drug-likeness (QED) is 0.772. The maximum absolute atomic E-state index is 8.83. The van der Waals surface area contributed by atoms with E-state index in [0.717, 1.165) is 22.2 Å². The van der Waals surface area contributed by atoms with Crippen LogP contribution in [0.15, 0.2) is 24.3 Å². The number of aromatic nitrogens is 4. The minimum Gasteiger partial charge on any atom is -0.383 e. The zero-order valence-corrected chi connectivity index (χ0v) is 12.5. The first-order valence-corrected chi connectivity index (χ1v) is 7.08. The van der Waals surface area contributed by atoms with Crippen LogP contribution in [0, 0.1) is 11.3 Å². The van der Waals surface area contributed by atoms with E-state index in [1.807, 2.05) is 38.1 Å². The summed E-state index contributed by atoms with van der Waals surface area (Å²) >= 11 is 0. The van der Waals surface area contributed by atoms with Gasteiger partial charge in [0.05, 0.1) is 23.6 Å². The predicted octanol–water partition coefficient (Wildman–Crippen LogP) is 2.79. The van der Waals surface area contributed by atoms with Crippen LogP contribution in [0.25, 0.3) is 22.3 Å². The fourth-order valence-corrected chi connectivity index (χ4v) is 2.36. The number of nitrogens with one attached hydrogen (secondary N) is 1. The highest BCUT2D eigenvalue weighted by Crippen LogP contribution is 2.30. The molecule has 3 N–H and O–H groups in total. The summed E-state index contributed by atoms with van der Waals surface area (Å²) in [4.78, 5) is 8.83. The van der Waals surface area contributed by atoms with Gasteiger partial charge in [0, 0.05) is 11.5 Å². The molecule has 0 saturated heterocycles. The average Bonchev–Trinajstić information content (AvgIpc) is 2.92. The molecular formula is C16H16N6. The summed E-state index contributed by atoms with van der Waals surface area (Å²) in [6.45, 7) is 4.03. The van der Waals surface area contributed by atoms with E-state index in [1.54, 1.807) is 0 Å². The van der Waals surface area contributed by atoms with Crippen LogP contribution in [0.3, 0.4) is 0 Å². The van der Waals surface area contributed by atoms with E-state index in [9.17, 15) is 0 Å². The minimum absolute atomic E-state index is 0.186. The average molecular weight is 292 g/mol. The van der Waals surface area contributed by atoms with Gasteiger partial charge in [-0.1, -0.05) is 32.0 Å². The molecule has 6 heteroatoms. The molecule has 3 rings (SSSR count). The maximum Gasteiger partial charge on any atom is 0.187 e. The molecule has 0 aliphatic carbocycles. The van der Waals surface area contributed by atoms with Crippen molar-refractivity contribution in [3.8, 4) is 17.3 Å². The Morgan fingerprint density at radius 1 is 1.32 bits per heavy atom. The summed E-state index contributed by atoms with van der Waals surface area (Å²) in [5, 5.41) is 16.8. The largest absolute Gasteiger partial charge is 0.383 e. The second kappa shape index (κ2) is 5.45. The van der Waals surface area contributed by atoms with E-state index in [-0.39, 0.29) is 5.92 Å². The molecule has 2 heterocycles. The van der Waals surface area contributed by atoms with Gasteiger partial charge in [-0.2, -0.15) is 10.4 Å². The first-order chi connectivity index (χ1) is 10.6. The van der Waals surface area contributed by atoms with Crippen molar-refractivity contribution < 1.29 is 0 Å². The Bertz CT molecular complexity index is 872. The number of hydrogen-bond donors (Lipinski definition) is 2. The van der Waals surface area contributed by atoms with Crippen molar-refractivity contribution in [1.29, 1.82) is 5.26 Å². The predicted molar refractivity (Wildman–Crippen MR) is 84.9 cm³/mol. The molecule has 0 amide bonds. The number of nitrogen functional groups attached to an aromatic ring is 1. The first-order valence-electron chi connectivity index (χ1n) is 7.08. The van der Waals surface area contributed by atoms with Crippen LogP contribution in [0.2, 0.25) is 0 Å². The lowest BCUT2D eigenvalue weighted by atomic mass is 10.0. The van der Waals surface area contributed by atoms with E-state index in [4.69, 9.17) is 11.0 Å². The Morgan fingerprint density at radius 3 is 2.86 bits per heavy atom.